The zero-order chi connectivity index (χ0) is 16.7. The molecule has 5 heteroatoms. The van der Waals surface area contributed by atoms with Crippen LogP contribution in [0.3, 0.4) is 0 Å². The Morgan fingerprint density at radius 1 is 0.917 bits per heavy atom. The van der Waals surface area contributed by atoms with Crippen molar-refractivity contribution in [2.24, 2.45) is 0 Å². The van der Waals surface area contributed by atoms with Gasteiger partial charge in [-0.15, -0.1) is 0 Å². The number of nitrogens with zero attached hydrogens (tertiary/aromatic N) is 1. The first kappa shape index (κ1) is 15.0. The second-order valence-electron chi connectivity index (χ2n) is 6.34. The minimum absolute atomic E-state index is 0.142. The van der Waals surface area contributed by atoms with Crippen LogP contribution in [0, 0.1) is 5.82 Å². The van der Waals surface area contributed by atoms with Gasteiger partial charge in [0.1, 0.15) is 5.82 Å². The van der Waals surface area contributed by atoms with E-state index in [4.69, 9.17) is 0 Å². The molecule has 1 aliphatic carbocycles. The molecule has 0 radical (unpaired) electrons. The number of anilines is 1. The quantitative estimate of drug-likeness (QED) is 0.881. The van der Waals surface area contributed by atoms with E-state index >= 15 is 0 Å². The topological polar surface area (TPSA) is 49.4 Å². The number of benzene rings is 2. The molecular weight excluding hydrogens is 307 g/mol. The summed E-state index contributed by atoms with van der Waals surface area (Å²) >= 11 is 0. The summed E-state index contributed by atoms with van der Waals surface area (Å²) in [4.78, 5) is 26.0. The fraction of sp³-hybridized carbons (Fsp3) is 0.263. The molecule has 0 aromatic heterocycles. The van der Waals surface area contributed by atoms with Gasteiger partial charge in [0.05, 0.1) is 18.2 Å². The number of carbonyl (C=O) groups excluding carboxylic acids is 2. The van der Waals surface area contributed by atoms with Crippen molar-refractivity contribution >= 4 is 17.5 Å². The Labute approximate surface area is 139 Å². The molecule has 1 N–H and O–H groups in total. The minimum atomic E-state index is -0.512. The van der Waals surface area contributed by atoms with E-state index in [2.05, 4.69) is 17.4 Å². The average molecular weight is 324 g/mol. The van der Waals surface area contributed by atoms with E-state index < -0.39 is 11.9 Å². The van der Waals surface area contributed by atoms with Crippen LogP contribution in [-0.2, 0) is 22.4 Å². The van der Waals surface area contributed by atoms with Gasteiger partial charge in [-0.25, -0.2) is 9.29 Å². The van der Waals surface area contributed by atoms with Crippen molar-refractivity contribution in [2.45, 2.75) is 31.3 Å². The number of fused-ring (bicyclic) bond motifs is 1. The van der Waals surface area contributed by atoms with Gasteiger partial charge in [-0.1, -0.05) is 24.3 Å². The maximum atomic E-state index is 13.0. The lowest BCUT2D eigenvalue weighted by Gasteiger charge is -2.18. The van der Waals surface area contributed by atoms with E-state index in [0.717, 1.165) is 17.7 Å². The number of nitrogens with one attached hydrogen (secondary N) is 1. The van der Waals surface area contributed by atoms with Crippen molar-refractivity contribution in [3.8, 4) is 0 Å². The first-order chi connectivity index (χ1) is 11.6. The van der Waals surface area contributed by atoms with Crippen molar-refractivity contribution in [3.63, 3.8) is 0 Å². The van der Waals surface area contributed by atoms with Crippen molar-refractivity contribution in [1.82, 2.24) is 5.32 Å². The summed E-state index contributed by atoms with van der Waals surface area (Å²) in [6.45, 7) is 0. The van der Waals surface area contributed by atoms with Gasteiger partial charge in [-0.2, -0.15) is 0 Å². The summed E-state index contributed by atoms with van der Waals surface area (Å²) in [6, 6.07) is 13.3. The highest BCUT2D eigenvalue weighted by Crippen LogP contribution is 2.26. The highest BCUT2D eigenvalue weighted by molar-refractivity contribution is 6.22. The standard InChI is InChI=1S/C19H17FN2O2/c20-14-5-7-16(8-6-14)22-18(23)11-17(19(22)24)21-15-9-12-3-1-2-4-13(12)10-15/h1-8,15,17,21H,9-11H2. The Morgan fingerprint density at radius 3 is 2.17 bits per heavy atom. The second-order valence-corrected chi connectivity index (χ2v) is 6.34. The molecule has 24 heavy (non-hydrogen) atoms. The molecule has 1 unspecified atom stereocenters. The number of amides is 2. The lowest BCUT2D eigenvalue weighted by molar-refractivity contribution is -0.121. The molecule has 2 amide bonds. The lowest BCUT2D eigenvalue weighted by atomic mass is 10.1. The lowest BCUT2D eigenvalue weighted by Crippen LogP contribution is -2.44. The van der Waals surface area contributed by atoms with Crippen molar-refractivity contribution in [3.05, 3.63) is 65.5 Å². The molecule has 1 atom stereocenters. The van der Waals surface area contributed by atoms with E-state index in [1.807, 2.05) is 12.1 Å². The Balaban J connectivity index is 1.47. The van der Waals surface area contributed by atoms with Crippen molar-refractivity contribution in [2.75, 3.05) is 4.90 Å². The van der Waals surface area contributed by atoms with Crippen LogP contribution in [0.4, 0.5) is 10.1 Å². The molecule has 4 rings (SSSR count). The highest BCUT2D eigenvalue weighted by Gasteiger charge is 2.40. The van der Waals surface area contributed by atoms with Crippen molar-refractivity contribution in [1.29, 1.82) is 0 Å². The first-order valence-electron chi connectivity index (χ1n) is 8.07. The van der Waals surface area contributed by atoms with E-state index in [9.17, 15) is 14.0 Å². The number of imide groups is 1. The third kappa shape index (κ3) is 2.61. The largest absolute Gasteiger partial charge is 0.302 e. The van der Waals surface area contributed by atoms with Crippen LogP contribution in [0.15, 0.2) is 48.5 Å². The van der Waals surface area contributed by atoms with Gasteiger partial charge in [-0.3, -0.25) is 9.59 Å². The van der Waals surface area contributed by atoms with Crippen LogP contribution >= 0.6 is 0 Å². The number of rotatable bonds is 3. The van der Waals surface area contributed by atoms with E-state index in [-0.39, 0.29) is 24.3 Å². The summed E-state index contributed by atoms with van der Waals surface area (Å²) < 4.78 is 13.0. The van der Waals surface area contributed by atoms with E-state index in [1.165, 1.54) is 35.4 Å². The Morgan fingerprint density at radius 2 is 1.54 bits per heavy atom. The predicted molar refractivity (Wildman–Crippen MR) is 88.1 cm³/mol. The van der Waals surface area contributed by atoms with Gasteiger partial charge in [0.15, 0.2) is 0 Å². The number of carbonyl (C=O) groups is 2. The van der Waals surface area contributed by atoms with Gasteiger partial charge in [0, 0.05) is 6.04 Å². The zero-order valence-electron chi connectivity index (χ0n) is 13.0. The molecular formula is C19H17FN2O2. The molecule has 2 aromatic carbocycles. The summed E-state index contributed by atoms with van der Waals surface area (Å²) in [5.74, 6) is -0.904. The van der Waals surface area contributed by atoms with Crippen LogP contribution in [-0.4, -0.2) is 23.9 Å². The number of halogens is 1. The first-order valence-corrected chi connectivity index (χ1v) is 8.07. The molecule has 2 aliphatic rings. The molecule has 2 aromatic rings. The molecule has 1 heterocycles. The normalized spacial score (nSPS) is 20.7. The van der Waals surface area contributed by atoms with Gasteiger partial charge < -0.3 is 5.32 Å². The summed E-state index contributed by atoms with van der Waals surface area (Å²) in [6.07, 6.45) is 1.87. The summed E-state index contributed by atoms with van der Waals surface area (Å²) in [5.41, 5.74) is 3.01. The van der Waals surface area contributed by atoms with Crippen LogP contribution in [0.2, 0.25) is 0 Å². The molecule has 1 aliphatic heterocycles. The summed E-state index contributed by atoms with van der Waals surface area (Å²) in [7, 11) is 0. The highest BCUT2D eigenvalue weighted by atomic mass is 19.1. The average Bonchev–Trinajstić information content (AvgIpc) is 3.09. The molecule has 4 nitrogen and oxygen atoms in total. The zero-order valence-corrected chi connectivity index (χ0v) is 13.0. The Hall–Kier alpha value is -2.53. The molecule has 1 saturated heterocycles. The molecule has 0 bridgehead atoms. The van der Waals surface area contributed by atoms with Gasteiger partial charge in [0.2, 0.25) is 5.91 Å². The van der Waals surface area contributed by atoms with Crippen LogP contribution < -0.4 is 10.2 Å². The molecule has 122 valence electrons. The van der Waals surface area contributed by atoms with Gasteiger partial charge in [0.25, 0.3) is 5.91 Å². The summed E-state index contributed by atoms with van der Waals surface area (Å²) in [5, 5.41) is 3.33. The van der Waals surface area contributed by atoms with Crippen LogP contribution in [0.5, 0.6) is 0 Å². The van der Waals surface area contributed by atoms with Crippen molar-refractivity contribution < 1.29 is 14.0 Å². The maximum Gasteiger partial charge on any atom is 0.251 e. The Bertz CT molecular complexity index is 778. The third-order valence-corrected chi connectivity index (χ3v) is 4.72. The van der Waals surface area contributed by atoms with Crippen LogP contribution in [0.25, 0.3) is 0 Å². The predicted octanol–water partition coefficient (Wildman–Crippen LogP) is 2.21. The number of hydrogen-bond donors (Lipinski definition) is 1. The van der Waals surface area contributed by atoms with Crippen LogP contribution in [0.1, 0.15) is 17.5 Å². The fourth-order valence-corrected chi connectivity index (χ4v) is 3.58. The van der Waals surface area contributed by atoms with E-state index in [1.54, 1.807) is 0 Å². The SMILES string of the molecule is O=C1CC(NC2Cc3ccccc3C2)C(=O)N1c1ccc(F)cc1. The van der Waals surface area contributed by atoms with Gasteiger partial charge >= 0.3 is 0 Å². The Kier molecular flexibility index (Phi) is 3.65. The maximum absolute atomic E-state index is 13.0. The number of hydrogen-bond acceptors (Lipinski definition) is 3. The molecule has 0 spiro atoms. The molecule has 0 saturated carbocycles. The second kappa shape index (κ2) is 5.83. The monoisotopic (exact) mass is 324 g/mol. The van der Waals surface area contributed by atoms with Gasteiger partial charge in [-0.05, 0) is 48.2 Å². The minimum Gasteiger partial charge on any atom is -0.302 e. The third-order valence-electron chi connectivity index (χ3n) is 4.72. The van der Waals surface area contributed by atoms with E-state index in [0.29, 0.717) is 5.69 Å². The fourth-order valence-electron chi connectivity index (χ4n) is 3.58. The molecule has 1 fully saturated rings. The smallest absolute Gasteiger partial charge is 0.251 e.